The van der Waals surface area contributed by atoms with Crippen molar-refractivity contribution < 1.29 is 9.47 Å². The second-order valence-corrected chi connectivity index (χ2v) is 4.60. The summed E-state index contributed by atoms with van der Waals surface area (Å²) < 4.78 is 11.3. The normalized spacial score (nSPS) is 16.4. The molecule has 86 valence electrons. The molecule has 1 aromatic rings. The summed E-state index contributed by atoms with van der Waals surface area (Å²) in [5, 5.41) is 7.13. The first-order valence-corrected chi connectivity index (χ1v) is 5.24. The number of amidine groups is 1. The standard InChI is InChI=1S/C12H16N2O2/c1-12(2)6-8-4-3-5-9(11(8)16-12)15-7-10(13)14/h3-5H,6-7H2,1-2H3,(H3,13,14). The molecule has 0 fully saturated rings. The van der Waals surface area contributed by atoms with Crippen molar-refractivity contribution in [2.45, 2.75) is 25.9 Å². The molecule has 3 N–H and O–H groups in total. The van der Waals surface area contributed by atoms with Gasteiger partial charge in [0.15, 0.2) is 11.5 Å². The summed E-state index contributed by atoms with van der Waals surface area (Å²) in [5.41, 5.74) is 6.22. The lowest BCUT2D eigenvalue weighted by Crippen LogP contribution is -2.25. The van der Waals surface area contributed by atoms with Crippen molar-refractivity contribution in [3.63, 3.8) is 0 Å². The highest BCUT2D eigenvalue weighted by molar-refractivity contribution is 5.78. The van der Waals surface area contributed by atoms with E-state index in [9.17, 15) is 0 Å². The van der Waals surface area contributed by atoms with E-state index >= 15 is 0 Å². The Morgan fingerprint density at radius 1 is 1.56 bits per heavy atom. The Labute approximate surface area is 94.9 Å². The first kappa shape index (κ1) is 10.8. The van der Waals surface area contributed by atoms with Crippen LogP contribution in [0.15, 0.2) is 18.2 Å². The van der Waals surface area contributed by atoms with Crippen LogP contribution >= 0.6 is 0 Å². The van der Waals surface area contributed by atoms with Gasteiger partial charge in [0, 0.05) is 12.0 Å². The number of rotatable bonds is 3. The number of nitrogens with one attached hydrogen (secondary N) is 1. The van der Waals surface area contributed by atoms with Crippen LogP contribution in [0.25, 0.3) is 0 Å². The number of ether oxygens (including phenoxy) is 2. The van der Waals surface area contributed by atoms with Gasteiger partial charge in [0.2, 0.25) is 0 Å². The molecule has 1 aliphatic rings. The fourth-order valence-electron chi connectivity index (χ4n) is 1.86. The highest BCUT2D eigenvalue weighted by Gasteiger charge is 2.32. The number of nitrogens with two attached hydrogens (primary N) is 1. The summed E-state index contributed by atoms with van der Waals surface area (Å²) in [6.07, 6.45) is 0.875. The Balaban J connectivity index is 2.23. The molecule has 0 radical (unpaired) electrons. The van der Waals surface area contributed by atoms with E-state index < -0.39 is 0 Å². The average molecular weight is 220 g/mol. The molecule has 0 saturated heterocycles. The minimum Gasteiger partial charge on any atom is -0.483 e. The van der Waals surface area contributed by atoms with Crippen LogP contribution in [0.3, 0.4) is 0 Å². The van der Waals surface area contributed by atoms with Gasteiger partial charge < -0.3 is 15.2 Å². The van der Waals surface area contributed by atoms with Gasteiger partial charge in [0.25, 0.3) is 0 Å². The number of fused-ring (bicyclic) bond motifs is 1. The molecule has 4 nitrogen and oxygen atoms in total. The van der Waals surface area contributed by atoms with Crippen molar-refractivity contribution in [2.75, 3.05) is 6.61 Å². The van der Waals surface area contributed by atoms with E-state index in [1.807, 2.05) is 32.0 Å². The van der Waals surface area contributed by atoms with E-state index in [1.165, 1.54) is 0 Å². The Morgan fingerprint density at radius 2 is 2.31 bits per heavy atom. The van der Waals surface area contributed by atoms with Crippen molar-refractivity contribution >= 4 is 5.84 Å². The molecule has 1 heterocycles. The molecule has 0 saturated carbocycles. The predicted octanol–water partition coefficient (Wildman–Crippen LogP) is 1.71. The number of hydrogen-bond donors (Lipinski definition) is 2. The van der Waals surface area contributed by atoms with Crippen LogP contribution in [0.2, 0.25) is 0 Å². The van der Waals surface area contributed by atoms with Crippen LogP contribution in [0, 0.1) is 5.41 Å². The van der Waals surface area contributed by atoms with Crippen LogP contribution in [0.1, 0.15) is 19.4 Å². The van der Waals surface area contributed by atoms with E-state index in [4.69, 9.17) is 20.6 Å². The highest BCUT2D eigenvalue weighted by atomic mass is 16.5. The molecule has 0 spiro atoms. The van der Waals surface area contributed by atoms with Crippen LogP contribution in [-0.2, 0) is 6.42 Å². The summed E-state index contributed by atoms with van der Waals surface area (Å²) >= 11 is 0. The summed E-state index contributed by atoms with van der Waals surface area (Å²) in [6, 6.07) is 5.80. The summed E-state index contributed by atoms with van der Waals surface area (Å²) in [6.45, 7) is 4.18. The average Bonchev–Trinajstić information content (AvgIpc) is 2.48. The molecule has 4 heteroatoms. The number of benzene rings is 1. The van der Waals surface area contributed by atoms with E-state index in [0.29, 0.717) is 5.75 Å². The topological polar surface area (TPSA) is 68.3 Å². The second-order valence-electron chi connectivity index (χ2n) is 4.60. The molecule has 2 rings (SSSR count). The quantitative estimate of drug-likeness (QED) is 0.602. The molecule has 0 aromatic heterocycles. The van der Waals surface area contributed by atoms with Crippen molar-refractivity contribution in [2.24, 2.45) is 5.73 Å². The lowest BCUT2D eigenvalue weighted by atomic mass is 10.0. The minimum absolute atomic E-state index is 0.00913. The molecule has 16 heavy (non-hydrogen) atoms. The maximum absolute atomic E-state index is 7.13. The largest absolute Gasteiger partial charge is 0.483 e. The molecule has 1 aromatic carbocycles. The monoisotopic (exact) mass is 220 g/mol. The molecule has 1 aliphatic heterocycles. The van der Waals surface area contributed by atoms with Gasteiger partial charge >= 0.3 is 0 Å². The van der Waals surface area contributed by atoms with Crippen molar-refractivity contribution in [3.05, 3.63) is 23.8 Å². The van der Waals surface area contributed by atoms with Crippen molar-refractivity contribution in [1.29, 1.82) is 5.41 Å². The van der Waals surface area contributed by atoms with Gasteiger partial charge in [0.1, 0.15) is 18.0 Å². The van der Waals surface area contributed by atoms with E-state index in [2.05, 4.69) is 0 Å². The molecule has 0 amide bonds. The first-order valence-electron chi connectivity index (χ1n) is 5.24. The van der Waals surface area contributed by atoms with Crippen LogP contribution < -0.4 is 15.2 Å². The van der Waals surface area contributed by atoms with Gasteiger partial charge in [0.05, 0.1) is 0 Å². The van der Waals surface area contributed by atoms with Gasteiger partial charge in [-0.15, -0.1) is 0 Å². The molecular formula is C12H16N2O2. The van der Waals surface area contributed by atoms with Gasteiger partial charge in [-0.2, -0.15) is 0 Å². The van der Waals surface area contributed by atoms with Gasteiger partial charge in [-0.3, -0.25) is 5.41 Å². The molecule has 0 bridgehead atoms. The molecule has 0 aliphatic carbocycles. The Kier molecular flexibility index (Phi) is 2.50. The lowest BCUT2D eigenvalue weighted by molar-refractivity contribution is 0.133. The third-order valence-corrected chi connectivity index (χ3v) is 2.44. The zero-order valence-corrected chi connectivity index (χ0v) is 9.54. The SMILES string of the molecule is CC1(C)Cc2cccc(OCC(=N)N)c2O1. The Morgan fingerprint density at radius 3 is 3.00 bits per heavy atom. The van der Waals surface area contributed by atoms with E-state index in [0.717, 1.165) is 17.7 Å². The molecule has 0 atom stereocenters. The molecular weight excluding hydrogens is 204 g/mol. The van der Waals surface area contributed by atoms with E-state index in [-0.39, 0.29) is 18.0 Å². The zero-order chi connectivity index (χ0) is 11.8. The van der Waals surface area contributed by atoms with Gasteiger partial charge in [-0.25, -0.2) is 0 Å². The Hall–Kier alpha value is -1.71. The van der Waals surface area contributed by atoms with Crippen LogP contribution in [-0.4, -0.2) is 18.0 Å². The Bertz CT molecular complexity index is 427. The van der Waals surface area contributed by atoms with Crippen molar-refractivity contribution in [1.82, 2.24) is 0 Å². The van der Waals surface area contributed by atoms with Gasteiger partial charge in [-0.1, -0.05) is 12.1 Å². The maximum Gasteiger partial charge on any atom is 0.165 e. The predicted molar refractivity (Wildman–Crippen MR) is 62.3 cm³/mol. The molecule has 0 unspecified atom stereocenters. The highest BCUT2D eigenvalue weighted by Crippen LogP contribution is 2.41. The van der Waals surface area contributed by atoms with Crippen molar-refractivity contribution in [3.8, 4) is 11.5 Å². The lowest BCUT2D eigenvalue weighted by Gasteiger charge is -2.18. The van der Waals surface area contributed by atoms with Crippen LogP contribution in [0.5, 0.6) is 11.5 Å². The van der Waals surface area contributed by atoms with Crippen LogP contribution in [0.4, 0.5) is 0 Å². The summed E-state index contributed by atoms with van der Waals surface area (Å²) in [7, 11) is 0. The summed E-state index contributed by atoms with van der Waals surface area (Å²) in [4.78, 5) is 0. The summed E-state index contributed by atoms with van der Waals surface area (Å²) in [5.74, 6) is 1.46. The maximum atomic E-state index is 7.13. The number of para-hydroxylation sites is 1. The minimum atomic E-state index is -0.183. The second kappa shape index (κ2) is 3.70. The first-order chi connectivity index (χ1) is 7.48. The fourth-order valence-corrected chi connectivity index (χ4v) is 1.86. The fraction of sp³-hybridized carbons (Fsp3) is 0.417. The third-order valence-electron chi connectivity index (χ3n) is 2.44. The van der Waals surface area contributed by atoms with Gasteiger partial charge in [-0.05, 0) is 19.9 Å². The third kappa shape index (κ3) is 2.10. The van der Waals surface area contributed by atoms with E-state index in [1.54, 1.807) is 0 Å². The number of hydrogen-bond acceptors (Lipinski definition) is 3. The smallest absolute Gasteiger partial charge is 0.165 e. The zero-order valence-electron chi connectivity index (χ0n) is 9.54.